The van der Waals surface area contributed by atoms with Crippen LogP contribution in [-0.4, -0.2) is 21.5 Å². The minimum Gasteiger partial charge on any atom is -0.442 e. The number of hydrogen-bond donors (Lipinski definition) is 0. The van der Waals surface area contributed by atoms with Crippen LogP contribution in [0.1, 0.15) is 32.2 Å². The molecule has 0 aliphatic carbocycles. The first-order valence-corrected chi connectivity index (χ1v) is 4.56. The van der Waals surface area contributed by atoms with E-state index in [1.54, 1.807) is 0 Å². The Bertz CT molecular complexity index is 347. The van der Waals surface area contributed by atoms with E-state index in [-0.39, 0.29) is 0 Å². The van der Waals surface area contributed by atoms with E-state index in [1.165, 1.54) is 4.68 Å². The van der Waals surface area contributed by atoms with E-state index in [0.29, 0.717) is 0 Å². The van der Waals surface area contributed by atoms with Crippen molar-refractivity contribution in [2.24, 2.45) is 0 Å². The summed E-state index contributed by atoms with van der Waals surface area (Å²) in [7, 11) is 0. The zero-order chi connectivity index (χ0) is 10.9. The van der Waals surface area contributed by atoms with Crippen LogP contribution in [0.2, 0.25) is 0 Å². The summed E-state index contributed by atoms with van der Waals surface area (Å²) >= 11 is 0. The highest BCUT2D eigenvalue weighted by atomic mass is 16.6. The smallest absolute Gasteiger partial charge is 0.435 e. The van der Waals surface area contributed by atoms with Gasteiger partial charge in [-0.15, -0.1) is 0 Å². The highest BCUT2D eigenvalue weighted by molar-refractivity contribution is 5.70. The van der Waals surface area contributed by atoms with Gasteiger partial charge in [-0.3, -0.25) is 0 Å². The molecular weight excluding hydrogens is 180 g/mol. The van der Waals surface area contributed by atoms with Crippen molar-refractivity contribution < 1.29 is 9.53 Å². The molecule has 0 aliphatic rings. The summed E-state index contributed by atoms with van der Waals surface area (Å²) in [5.41, 5.74) is 1.12. The quantitative estimate of drug-likeness (QED) is 0.639. The van der Waals surface area contributed by atoms with Crippen LogP contribution in [0.15, 0.2) is 6.07 Å². The summed E-state index contributed by atoms with van der Waals surface area (Å²) in [6.07, 6.45) is -0.428. The fraction of sp³-hybridized carbons (Fsp3) is 0.600. The second-order valence-corrected chi connectivity index (χ2v) is 4.32. The first kappa shape index (κ1) is 10.8. The Balaban J connectivity index is 2.85. The molecule has 1 rings (SSSR count). The van der Waals surface area contributed by atoms with Gasteiger partial charge >= 0.3 is 6.09 Å². The van der Waals surface area contributed by atoms with Crippen molar-refractivity contribution in [3.05, 3.63) is 17.5 Å². The Morgan fingerprint density at radius 1 is 1.43 bits per heavy atom. The van der Waals surface area contributed by atoms with Gasteiger partial charge in [-0.1, -0.05) is 0 Å². The predicted octanol–water partition coefficient (Wildman–Crippen LogP) is 2.28. The third kappa shape index (κ3) is 2.58. The fourth-order valence-electron chi connectivity index (χ4n) is 1.12. The lowest BCUT2D eigenvalue weighted by atomic mass is 10.2. The Hall–Kier alpha value is -1.32. The second kappa shape index (κ2) is 3.44. The maximum atomic E-state index is 11.6. The average molecular weight is 196 g/mol. The van der Waals surface area contributed by atoms with Crippen molar-refractivity contribution >= 4 is 6.09 Å². The van der Waals surface area contributed by atoms with Crippen molar-refractivity contribution in [3.8, 4) is 0 Å². The normalized spacial score (nSPS) is 11.5. The van der Waals surface area contributed by atoms with Gasteiger partial charge in [-0.25, -0.2) is 4.79 Å². The van der Waals surface area contributed by atoms with E-state index in [2.05, 4.69) is 5.10 Å². The molecule has 0 aliphatic heterocycles. The topological polar surface area (TPSA) is 44.1 Å². The maximum absolute atomic E-state index is 11.6. The van der Waals surface area contributed by atoms with Crippen molar-refractivity contribution in [1.82, 2.24) is 9.78 Å². The minimum absolute atomic E-state index is 0.428. The second-order valence-electron chi connectivity index (χ2n) is 4.32. The van der Waals surface area contributed by atoms with Gasteiger partial charge < -0.3 is 4.74 Å². The molecule has 4 heteroatoms. The predicted molar refractivity (Wildman–Crippen MR) is 53.3 cm³/mol. The molecule has 0 atom stereocenters. The lowest BCUT2D eigenvalue weighted by Crippen LogP contribution is -2.28. The van der Waals surface area contributed by atoms with Gasteiger partial charge in [0, 0.05) is 5.69 Å². The summed E-state index contributed by atoms with van der Waals surface area (Å²) in [6, 6.07) is 1.84. The van der Waals surface area contributed by atoms with Gasteiger partial charge in [0.25, 0.3) is 0 Å². The third-order valence-electron chi connectivity index (χ3n) is 1.58. The van der Waals surface area contributed by atoms with Crippen molar-refractivity contribution in [2.45, 2.75) is 40.2 Å². The number of carbonyl (C=O) groups excluding carboxylic acids is 1. The average Bonchev–Trinajstić information content (AvgIpc) is 2.26. The largest absolute Gasteiger partial charge is 0.442 e. The highest BCUT2D eigenvalue weighted by Gasteiger charge is 2.19. The summed E-state index contributed by atoms with van der Waals surface area (Å²) < 4.78 is 6.46. The lowest BCUT2D eigenvalue weighted by Gasteiger charge is -2.19. The molecular formula is C10H16N2O2. The molecule has 0 spiro atoms. The van der Waals surface area contributed by atoms with Crippen LogP contribution < -0.4 is 0 Å². The molecule has 0 aromatic carbocycles. The molecule has 1 heterocycles. The molecule has 0 bridgehead atoms. The lowest BCUT2D eigenvalue weighted by molar-refractivity contribution is 0.0510. The van der Waals surface area contributed by atoms with Gasteiger partial charge in [0.05, 0.1) is 5.69 Å². The van der Waals surface area contributed by atoms with E-state index in [1.807, 2.05) is 40.7 Å². The highest BCUT2D eigenvalue weighted by Crippen LogP contribution is 2.10. The van der Waals surface area contributed by atoms with Gasteiger partial charge in [0.15, 0.2) is 0 Å². The SMILES string of the molecule is Cc1cc(C)n(C(=O)OC(C)(C)C)n1. The van der Waals surface area contributed by atoms with Crippen LogP contribution in [0.3, 0.4) is 0 Å². The number of aromatic nitrogens is 2. The standard InChI is InChI=1S/C10H16N2O2/c1-7-6-8(2)12(11-7)9(13)14-10(3,4)5/h6H,1-5H3. The number of aryl methyl sites for hydroxylation is 2. The van der Waals surface area contributed by atoms with Gasteiger partial charge in [-0.2, -0.15) is 9.78 Å². The molecule has 0 saturated carbocycles. The number of carbonyl (C=O) groups is 1. The number of nitrogens with zero attached hydrogens (tertiary/aromatic N) is 2. The van der Waals surface area contributed by atoms with E-state index in [4.69, 9.17) is 4.74 Å². The molecule has 0 saturated heterocycles. The van der Waals surface area contributed by atoms with E-state index in [9.17, 15) is 4.79 Å². The zero-order valence-electron chi connectivity index (χ0n) is 9.29. The molecule has 0 N–H and O–H groups in total. The number of ether oxygens (including phenoxy) is 1. The van der Waals surface area contributed by atoms with Crippen LogP contribution in [-0.2, 0) is 4.74 Å². The van der Waals surface area contributed by atoms with Crippen LogP contribution in [0.5, 0.6) is 0 Å². The van der Waals surface area contributed by atoms with Gasteiger partial charge in [0.2, 0.25) is 0 Å². The van der Waals surface area contributed by atoms with Crippen LogP contribution in [0.25, 0.3) is 0 Å². The van der Waals surface area contributed by atoms with Crippen LogP contribution >= 0.6 is 0 Å². The molecule has 0 amide bonds. The number of hydrogen-bond acceptors (Lipinski definition) is 3. The summed E-state index contributed by atoms with van der Waals surface area (Å²) in [5.74, 6) is 0. The van der Waals surface area contributed by atoms with Gasteiger partial charge in [0.1, 0.15) is 5.60 Å². The summed E-state index contributed by atoms with van der Waals surface area (Å²) in [4.78, 5) is 11.6. The molecule has 0 fully saturated rings. The molecule has 0 unspecified atom stereocenters. The van der Waals surface area contributed by atoms with Crippen LogP contribution in [0, 0.1) is 13.8 Å². The maximum Gasteiger partial charge on any atom is 0.435 e. The molecule has 4 nitrogen and oxygen atoms in total. The third-order valence-corrected chi connectivity index (χ3v) is 1.58. The first-order valence-electron chi connectivity index (χ1n) is 4.56. The Kier molecular flexibility index (Phi) is 2.64. The van der Waals surface area contributed by atoms with Crippen molar-refractivity contribution in [1.29, 1.82) is 0 Å². The summed E-state index contributed by atoms with van der Waals surface area (Å²) in [5, 5.41) is 4.04. The molecule has 78 valence electrons. The minimum atomic E-state index is -0.483. The number of rotatable bonds is 0. The van der Waals surface area contributed by atoms with E-state index in [0.717, 1.165) is 11.4 Å². The molecule has 1 aromatic heterocycles. The Morgan fingerprint density at radius 2 is 2.00 bits per heavy atom. The Morgan fingerprint density at radius 3 is 2.36 bits per heavy atom. The molecule has 14 heavy (non-hydrogen) atoms. The zero-order valence-corrected chi connectivity index (χ0v) is 9.29. The molecule has 1 aromatic rings. The van der Waals surface area contributed by atoms with Crippen molar-refractivity contribution in [2.75, 3.05) is 0 Å². The van der Waals surface area contributed by atoms with E-state index >= 15 is 0 Å². The van der Waals surface area contributed by atoms with Crippen LogP contribution in [0.4, 0.5) is 4.79 Å². The van der Waals surface area contributed by atoms with E-state index < -0.39 is 11.7 Å². The van der Waals surface area contributed by atoms with Gasteiger partial charge in [-0.05, 0) is 40.7 Å². The fourth-order valence-corrected chi connectivity index (χ4v) is 1.12. The first-order chi connectivity index (χ1) is 6.29. The monoisotopic (exact) mass is 196 g/mol. The Labute approximate surface area is 83.9 Å². The molecule has 0 radical (unpaired) electrons. The summed E-state index contributed by atoms with van der Waals surface area (Å²) in [6.45, 7) is 9.15. The van der Waals surface area contributed by atoms with Crippen molar-refractivity contribution in [3.63, 3.8) is 0 Å².